The SMILES string of the molecule is CC(C)c1cccc(C(C)C)c1N1C=CN(c2c(C(C)C)cccc2C(C)C)C1=CCCS(=O)(=O)Oc1cccc(Oc2cccc(C(F)(F)F)c2C#N)c1. The normalized spacial score (nSPS) is 13.4. The van der Waals surface area contributed by atoms with Crippen molar-refractivity contribution < 1.29 is 30.5 Å². The van der Waals surface area contributed by atoms with E-state index in [0.717, 1.165) is 29.3 Å². The van der Waals surface area contributed by atoms with Gasteiger partial charge >= 0.3 is 16.3 Å². The number of anilines is 2. The van der Waals surface area contributed by atoms with Gasteiger partial charge in [-0.1, -0.05) is 104 Å². The van der Waals surface area contributed by atoms with E-state index in [1.54, 1.807) is 6.07 Å². The summed E-state index contributed by atoms with van der Waals surface area (Å²) >= 11 is 0. The molecule has 1 aliphatic rings. The van der Waals surface area contributed by atoms with Gasteiger partial charge in [-0.25, -0.2) is 0 Å². The summed E-state index contributed by atoms with van der Waals surface area (Å²) in [6.45, 7) is 17.3. The average molecular weight is 772 g/mol. The summed E-state index contributed by atoms with van der Waals surface area (Å²) in [5.74, 6) is 0.944. The predicted octanol–water partition coefficient (Wildman–Crippen LogP) is 12.3. The summed E-state index contributed by atoms with van der Waals surface area (Å²) in [6.07, 6.45) is 1.39. The molecule has 4 aromatic carbocycles. The molecule has 0 fully saturated rings. The van der Waals surface area contributed by atoms with Gasteiger partial charge in [0.1, 0.15) is 34.7 Å². The molecule has 0 radical (unpaired) electrons. The number of allylic oxidation sites excluding steroid dienone is 1. The summed E-state index contributed by atoms with van der Waals surface area (Å²) in [7, 11) is -4.16. The van der Waals surface area contributed by atoms with Crippen LogP contribution in [0.3, 0.4) is 0 Å². The Morgan fingerprint density at radius 1 is 0.709 bits per heavy atom. The molecule has 0 spiro atoms. The maximum atomic E-state index is 13.5. The van der Waals surface area contributed by atoms with E-state index >= 15 is 0 Å². The molecule has 11 heteroatoms. The Bertz CT molecular complexity index is 2110. The minimum absolute atomic E-state index is 0.00325. The van der Waals surface area contributed by atoms with Crippen LogP contribution in [0.15, 0.2) is 103 Å². The van der Waals surface area contributed by atoms with Crippen LogP contribution in [0.25, 0.3) is 0 Å². The highest BCUT2D eigenvalue weighted by Crippen LogP contribution is 2.45. The zero-order valence-corrected chi connectivity index (χ0v) is 33.3. The van der Waals surface area contributed by atoms with Crippen molar-refractivity contribution >= 4 is 21.5 Å². The van der Waals surface area contributed by atoms with E-state index in [0.29, 0.717) is 0 Å². The molecule has 55 heavy (non-hydrogen) atoms. The number of rotatable bonds is 13. The number of nitrogens with zero attached hydrogens (tertiary/aromatic N) is 3. The van der Waals surface area contributed by atoms with Crippen molar-refractivity contribution in [1.82, 2.24) is 0 Å². The van der Waals surface area contributed by atoms with Crippen LogP contribution in [0, 0.1) is 11.3 Å². The first-order chi connectivity index (χ1) is 25.9. The lowest BCUT2D eigenvalue weighted by Gasteiger charge is -2.33. The Balaban J connectivity index is 1.48. The molecule has 0 saturated heterocycles. The Labute approximate surface area is 323 Å². The van der Waals surface area contributed by atoms with E-state index in [-0.39, 0.29) is 53.1 Å². The zero-order chi connectivity index (χ0) is 40.2. The molecule has 4 aromatic rings. The minimum atomic E-state index is -4.76. The van der Waals surface area contributed by atoms with Gasteiger partial charge in [-0.05, 0) is 82.7 Å². The van der Waals surface area contributed by atoms with Gasteiger partial charge in [-0.3, -0.25) is 0 Å². The van der Waals surface area contributed by atoms with Crippen molar-refractivity contribution in [2.45, 2.75) is 91.7 Å². The van der Waals surface area contributed by atoms with Gasteiger partial charge in [0.15, 0.2) is 0 Å². The molecule has 0 unspecified atom stereocenters. The maximum absolute atomic E-state index is 13.5. The smallest absolute Gasteiger partial charge is 0.417 e. The Morgan fingerprint density at radius 2 is 1.16 bits per heavy atom. The molecule has 290 valence electrons. The van der Waals surface area contributed by atoms with Gasteiger partial charge in [0.2, 0.25) is 0 Å². The fraction of sp³-hybridized carbons (Fsp3) is 0.341. The summed E-state index contributed by atoms with van der Waals surface area (Å²) < 4.78 is 78.6. The van der Waals surface area contributed by atoms with Gasteiger partial charge in [0, 0.05) is 18.5 Å². The quantitative estimate of drug-likeness (QED) is 0.125. The molecule has 0 amide bonds. The van der Waals surface area contributed by atoms with Crippen molar-refractivity contribution in [3.8, 4) is 23.3 Å². The van der Waals surface area contributed by atoms with Crippen LogP contribution in [0.4, 0.5) is 24.5 Å². The third-order valence-corrected chi connectivity index (χ3v) is 10.6. The molecule has 0 aliphatic carbocycles. The highest BCUT2D eigenvalue weighted by Gasteiger charge is 2.35. The molecule has 0 atom stereocenters. The second-order valence-corrected chi connectivity index (χ2v) is 16.5. The zero-order valence-electron chi connectivity index (χ0n) is 32.5. The molecular weight excluding hydrogens is 724 g/mol. The number of benzene rings is 4. The number of alkyl halides is 3. The molecule has 7 nitrogen and oxygen atoms in total. The fourth-order valence-corrected chi connectivity index (χ4v) is 7.65. The second-order valence-electron chi connectivity index (χ2n) is 14.8. The van der Waals surface area contributed by atoms with Crippen LogP contribution >= 0.6 is 0 Å². The average Bonchev–Trinajstić information content (AvgIpc) is 3.53. The van der Waals surface area contributed by atoms with Crippen LogP contribution in [-0.4, -0.2) is 14.2 Å². The standard InChI is InChI=1S/C44H48F3N3O4S/c1-28(2)34-16-10-17-35(29(3)4)42(34)49-23-24-50(43-36(30(5)6)18-11-19-37(43)31(7)8)41(49)22-13-25-55(51,52)54-33-15-9-14-32(26-33)53-40-21-12-20-39(38(40)27-48)44(45,46)47/h9-12,14-24,26,28-31H,13,25H2,1-8H3. The van der Waals surface area contributed by atoms with Gasteiger partial charge in [0.25, 0.3) is 0 Å². The van der Waals surface area contributed by atoms with Gasteiger partial charge in [0.05, 0.1) is 22.7 Å². The largest absolute Gasteiger partial charge is 0.456 e. The van der Waals surface area contributed by atoms with Crippen molar-refractivity contribution in [2.24, 2.45) is 0 Å². The number of hydrogen-bond donors (Lipinski definition) is 0. The molecule has 1 aliphatic heterocycles. The Hall–Kier alpha value is -5.21. The lowest BCUT2D eigenvalue weighted by Crippen LogP contribution is -2.26. The number of halogens is 3. The summed E-state index contributed by atoms with van der Waals surface area (Å²) in [5, 5.41) is 9.47. The maximum Gasteiger partial charge on any atom is 0.417 e. The molecule has 1 heterocycles. The molecule has 0 saturated carbocycles. The summed E-state index contributed by atoms with van der Waals surface area (Å²) in [6, 6.07) is 23.1. The fourth-order valence-electron chi connectivity index (χ4n) is 6.76. The lowest BCUT2D eigenvalue weighted by molar-refractivity contribution is -0.137. The van der Waals surface area contributed by atoms with E-state index in [2.05, 4.69) is 114 Å². The predicted molar refractivity (Wildman–Crippen MR) is 213 cm³/mol. The molecule has 0 N–H and O–H groups in total. The first kappa shape index (κ1) is 41.0. The van der Waals surface area contributed by atoms with Crippen molar-refractivity contribution in [2.75, 3.05) is 15.6 Å². The number of para-hydroxylation sites is 2. The van der Waals surface area contributed by atoms with Crippen LogP contribution in [0.1, 0.15) is 119 Å². The molecule has 0 bridgehead atoms. The second kappa shape index (κ2) is 16.7. The summed E-state index contributed by atoms with van der Waals surface area (Å²) in [4.78, 5) is 4.34. The first-order valence-corrected chi connectivity index (χ1v) is 20.0. The van der Waals surface area contributed by atoms with Crippen LogP contribution in [0.5, 0.6) is 17.2 Å². The van der Waals surface area contributed by atoms with E-state index in [1.165, 1.54) is 52.6 Å². The number of ether oxygens (including phenoxy) is 1. The van der Waals surface area contributed by atoms with Gasteiger partial charge in [-0.2, -0.15) is 26.9 Å². The first-order valence-electron chi connectivity index (χ1n) is 18.5. The third-order valence-electron chi connectivity index (χ3n) is 9.42. The monoisotopic (exact) mass is 771 g/mol. The highest BCUT2D eigenvalue weighted by atomic mass is 32.2. The molecular formula is C44H48F3N3O4S. The Kier molecular flexibility index (Phi) is 12.4. The lowest BCUT2D eigenvalue weighted by atomic mass is 9.91. The number of hydrogen-bond acceptors (Lipinski definition) is 7. The Morgan fingerprint density at radius 3 is 1.62 bits per heavy atom. The van der Waals surface area contributed by atoms with Gasteiger partial charge < -0.3 is 18.7 Å². The van der Waals surface area contributed by atoms with Crippen molar-refractivity contribution in [3.05, 3.63) is 137 Å². The van der Waals surface area contributed by atoms with Crippen LogP contribution in [0.2, 0.25) is 0 Å². The van der Waals surface area contributed by atoms with Crippen LogP contribution < -0.4 is 18.7 Å². The van der Waals surface area contributed by atoms with Crippen molar-refractivity contribution in [3.63, 3.8) is 0 Å². The highest BCUT2D eigenvalue weighted by molar-refractivity contribution is 7.87. The molecule has 5 rings (SSSR count). The van der Waals surface area contributed by atoms with E-state index in [1.807, 2.05) is 6.08 Å². The van der Waals surface area contributed by atoms with E-state index in [9.17, 15) is 26.9 Å². The molecule has 0 aromatic heterocycles. The van der Waals surface area contributed by atoms with E-state index in [4.69, 9.17) is 8.92 Å². The minimum Gasteiger partial charge on any atom is -0.456 e. The summed E-state index contributed by atoms with van der Waals surface area (Å²) in [5.41, 5.74) is 5.03. The van der Waals surface area contributed by atoms with E-state index < -0.39 is 27.4 Å². The third kappa shape index (κ3) is 9.19. The van der Waals surface area contributed by atoms with Crippen molar-refractivity contribution in [1.29, 1.82) is 5.26 Å². The van der Waals surface area contributed by atoms with Crippen LogP contribution in [-0.2, 0) is 16.3 Å². The topological polar surface area (TPSA) is 82.9 Å². The van der Waals surface area contributed by atoms with Gasteiger partial charge in [-0.15, -0.1) is 0 Å². The number of nitriles is 1.